The smallest absolute Gasteiger partial charge is 0.0974 e. The lowest BCUT2D eigenvalue weighted by molar-refractivity contribution is 0.405. The maximum absolute atomic E-state index is 5.09. The molecule has 0 aliphatic heterocycles. The van der Waals surface area contributed by atoms with Gasteiger partial charge in [-0.25, -0.2) is 0 Å². The number of allylic oxidation sites excluding steroid dienone is 1. The summed E-state index contributed by atoms with van der Waals surface area (Å²) in [6.45, 7) is 0. The molecule has 0 radical (unpaired) electrons. The molecule has 0 spiro atoms. The first-order chi connectivity index (χ1) is 7.40. The molecule has 0 atom stereocenters. The molecular weight excluding hydrogens is 252 g/mol. The SMILES string of the molecule is BrCC(=Cc1ccoc1)C1CCCCC1. The van der Waals surface area contributed by atoms with Crippen molar-refractivity contribution in [2.24, 2.45) is 5.92 Å². The second-order valence-electron chi connectivity index (χ2n) is 4.24. The molecule has 1 fully saturated rings. The molecule has 0 N–H and O–H groups in total. The van der Waals surface area contributed by atoms with Crippen LogP contribution < -0.4 is 0 Å². The monoisotopic (exact) mass is 268 g/mol. The lowest BCUT2D eigenvalue weighted by Gasteiger charge is -2.23. The van der Waals surface area contributed by atoms with Gasteiger partial charge in [-0.05, 0) is 24.8 Å². The van der Waals surface area contributed by atoms with Gasteiger partial charge in [-0.15, -0.1) is 0 Å². The standard InChI is InChI=1S/C13H17BrO/c14-9-13(8-11-6-7-15-10-11)12-4-2-1-3-5-12/h6-8,10,12H,1-5,9H2. The highest BCUT2D eigenvalue weighted by molar-refractivity contribution is 9.09. The van der Waals surface area contributed by atoms with Crippen molar-refractivity contribution in [1.82, 2.24) is 0 Å². The third-order valence-corrected chi connectivity index (χ3v) is 3.83. The summed E-state index contributed by atoms with van der Waals surface area (Å²) in [5.41, 5.74) is 2.71. The minimum atomic E-state index is 0.785. The Morgan fingerprint density at radius 1 is 1.40 bits per heavy atom. The third kappa shape index (κ3) is 2.97. The van der Waals surface area contributed by atoms with Crippen molar-refractivity contribution in [2.75, 3.05) is 5.33 Å². The number of halogens is 1. The van der Waals surface area contributed by atoms with E-state index in [0.717, 1.165) is 11.2 Å². The maximum atomic E-state index is 5.09. The Morgan fingerprint density at radius 2 is 2.20 bits per heavy atom. The Balaban J connectivity index is 2.08. The van der Waals surface area contributed by atoms with Crippen molar-refractivity contribution < 1.29 is 4.42 Å². The van der Waals surface area contributed by atoms with Crippen LogP contribution in [-0.4, -0.2) is 5.33 Å². The first-order valence-corrected chi connectivity index (χ1v) is 6.81. The molecule has 2 rings (SSSR count). The molecule has 1 aromatic heterocycles. The second-order valence-corrected chi connectivity index (χ2v) is 4.81. The van der Waals surface area contributed by atoms with Crippen LogP contribution in [-0.2, 0) is 0 Å². The lowest BCUT2D eigenvalue weighted by Crippen LogP contribution is -2.09. The van der Waals surface area contributed by atoms with E-state index >= 15 is 0 Å². The molecular formula is C13H17BrO. The van der Waals surface area contributed by atoms with Gasteiger partial charge >= 0.3 is 0 Å². The van der Waals surface area contributed by atoms with Crippen molar-refractivity contribution in [2.45, 2.75) is 32.1 Å². The molecule has 1 aliphatic carbocycles. The molecule has 15 heavy (non-hydrogen) atoms. The average molecular weight is 269 g/mol. The van der Waals surface area contributed by atoms with Crippen LogP contribution in [0, 0.1) is 5.92 Å². The summed E-state index contributed by atoms with van der Waals surface area (Å²) >= 11 is 3.60. The zero-order valence-electron chi connectivity index (χ0n) is 8.92. The van der Waals surface area contributed by atoms with Gasteiger partial charge in [0.2, 0.25) is 0 Å². The van der Waals surface area contributed by atoms with Gasteiger partial charge in [0.15, 0.2) is 0 Å². The minimum Gasteiger partial charge on any atom is -0.472 e. The van der Waals surface area contributed by atoms with Gasteiger partial charge in [-0.2, -0.15) is 0 Å². The van der Waals surface area contributed by atoms with E-state index in [4.69, 9.17) is 4.42 Å². The normalized spacial score (nSPS) is 19.4. The predicted octanol–water partition coefficient (Wildman–Crippen LogP) is 4.64. The van der Waals surface area contributed by atoms with Crippen molar-refractivity contribution in [3.05, 3.63) is 29.7 Å². The van der Waals surface area contributed by atoms with Gasteiger partial charge in [0, 0.05) is 10.9 Å². The molecule has 1 aliphatic rings. The van der Waals surface area contributed by atoms with Crippen LogP contribution in [0.4, 0.5) is 0 Å². The molecule has 1 aromatic rings. The van der Waals surface area contributed by atoms with Crippen LogP contribution in [0.25, 0.3) is 6.08 Å². The van der Waals surface area contributed by atoms with Crippen molar-refractivity contribution in [1.29, 1.82) is 0 Å². The molecule has 1 saturated carbocycles. The predicted molar refractivity (Wildman–Crippen MR) is 67.1 cm³/mol. The zero-order valence-corrected chi connectivity index (χ0v) is 10.5. The van der Waals surface area contributed by atoms with E-state index in [0.29, 0.717) is 0 Å². The Bertz CT molecular complexity index is 307. The summed E-state index contributed by atoms with van der Waals surface area (Å²) in [5.74, 6) is 0.785. The van der Waals surface area contributed by atoms with Crippen LogP contribution in [0.5, 0.6) is 0 Å². The molecule has 82 valence electrons. The van der Waals surface area contributed by atoms with E-state index in [-0.39, 0.29) is 0 Å². The molecule has 0 aromatic carbocycles. The van der Waals surface area contributed by atoms with E-state index < -0.39 is 0 Å². The largest absolute Gasteiger partial charge is 0.472 e. The summed E-state index contributed by atoms with van der Waals surface area (Å²) in [7, 11) is 0. The topological polar surface area (TPSA) is 13.1 Å². The molecule has 0 saturated heterocycles. The Morgan fingerprint density at radius 3 is 2.80 bits per heavy atom. The fourth-order valence-electron chi connectivity index (χ4n) is 2.31. The highest BCUT2D eigenvalue weighted by atomic mass is 79.9. The van der Waals surface area contributed by atoms with E-state index in [1.165, 1.54) is 43.2 Å². The van der Waals surface area contributed by atoms with Crippen LogP contribution in [0.2, 0.25) is 0 Å². The lowest BCUT2D eigenvalue weighted by atomic mass is 9.84. The third-order valence-electron chi connectivity index (χ3n) is 3.18. The molecule has 0 unspecified atom stereocenters. The second kappa shape index (κ2) is 5.55. The fourth-order valence-corrected chi connectivity index (χ4v) is 2.93. The summed E-state index contributed by atoms with van der Waals surface area (Å²) in [6, 6.07) is 2.02. The van der Waals surface area contributed by atoms with E-state index in [9.17, 15) is 0 Å². The highest BCUT2D eigenvalue weighted by Gasteiger charge is 2.16. The maximum Gasteiger partial charge on any atom is 0.0974 e. The minimum absolute atomic E-state index is 0.785. The van der Waals surface area contributed by atoms with Crippen molar-refractivity contribution in [3.8, 4) is 0 Å². The highest BCUT2D eigenvalue weighted by Crippen LogP contribution is 2.31. The van der Waals surface area contributed by atoms with Gasteiger partial charge in [-0.1, -0.05) is 46.8 Å². The number of alkyl halides is 1. The number of hydrogen-bond acceptors (Lipinski definition) is 1. The van der Waals surface area contributed by atoms with E-state index in [1.807, 2.05) is 12.3 Å². The van der Waals surface area contributed by atoms with Crippen LogP contribution in [0.3, 0.4) is 0 Å². The van der Waals surface area contributed by atoms with Crippen LogP contribution in [0.1, 0.15) is 37.7 Å². The Hall–Kier alpha value is -0.500. The molecule has 2 heteroatoms. The molecule has 0 amide bonds. The van der Waals surface area contributed by atoms with Crippen molar-refractivity contribution in [3.63, 3.8) is 0 Å². The van der Waals surface area contributed by atoms with Gasteiger partial charge < -0.3 is 4.42 Å². The Kier molecular flexibility index (Phi) is 4.07. The van der Waals surface area contributed by atoms with Gasteiger partial charge in [0.1, 0.15) is 0 Å². The van der Waals surface area contributed by atoms with Gasteiger partial charge in [-0.3, -0.25) is 0 Å². The quantitative estimate of drug-likeness (QED) is 0.729. The zero-order chi connectivity index (χ0) is 10.5. The summed E-state index contributed by atoms with van der Waals surface area (Å²) < 4.78 is 5.09. The molecule has 1 nitrogen and oxygen atoms in total. The molecule has 0 bridgehead atoms. The Labute approximate surface area is 99.7 Å². The summed E-state index contributed by atoms with van der Waals surface area (Å²) in [4.78, 5) is 0. The number of rotatable bonds is 3. The van der Waals surface area contributed by atoms with Gasteiger partial charge in [0.05, 0.1) is 12.5 Å². The first-order valence-electron chi connectivity index (χ1n) is 5.69. The summed E-state index contributed by atoms with van der Waals surface area (Å²) in [5, 5.41) is 0.989. The summed E-state index contributed by atoms with van der Waals surface area (Å²) in [6.07, 6.45) is 12.7. The van der Waals surface area contributed by atoms with Gasteiger partial charge in [0.25, 0.3) is 0 Å². The first kappa shape index (κ1) is 11.0. The van der Waals surface area contributed by atoms with E-state index in [1.54, 1.807) is 6.26 Å². The average Bonchev–Trinajstić information content (AvgIpc) is 2.80. The van der Waals surface area contributed by atoms with Crippen molar-refractivity contribution >= 4 is 22.0 Å². The number of furan rings is 1. The van der Waals surface area contributed by atoms with E-state index in [2.05, 4.69) is 22.0 Å². The van der Waals surface area contributed by atoms with Crippen LogP contribution >= 0.6 is 15.9 Å². The van der Waals surface area contributed by atoms with Crippen LogP contribution in [0.15, 0.2) is 28.6 Å². The fraction of sp³-hybridized carbons (Fsp3) is 0.538. The molecule has 1 heterocycles. The number of hydrogen-bond donors (Lipinski definition) is 0.